The topological polar surface area (TPSA) is 95.9 Å². The van der Waals surface area contributed by atoms with Gasteiger partial charge >= 0.3 is 5.97 Å². The number of carboxylic acids is 1. The van der Waals surface area contributed by atoms with Crippen LogP contribution >= 0.6 is 0 Å². The van der Waals surface area contributed by atoms with Crippen LogP contribution in [0.2, 0.25) is 0 Å². The van der Waals surface area contributed by atoms with Gasteiger partial charge in [-0.2, -0.15) is 0 Å². The minimum Gasteiger partial charge on any atom is -0.494 e. The number of para-hydroxylation sites is 1. The van der Waals surface area contributed by atoms with Crippen LogP contribution in [0, 0.1) is 6.92 Å². The molecule has 1 unspecified atom stereocenters. The van der Waals surface area contributed by atoms with Crippen molar-refractivity contribution in [3.63, 3.8) is 0 Å². The summed E-state index contributed by atoms with van der Waals surface area (Å²) in [7, 11) is 0. The zero-order valence-electron chi connectivity index (χ0n) is 23.5. The van der Waals surface area contributed by atoms with Crippen molar-refractivity contribution in [1.82, 2.24) is 0 Å². The van der Waals surface area contributed by atoms with Gasteiger partial charge in [-0.1, -0.05) is 73.3 Å². The van der Waals surface area contributed by atoms with Gasteiger partial charge in [0.25, 0.3) is 0 Å². The third-order valence-corrected chi connectivity index (χ3v) is 6.75. The summed E-state index contributed by atoms with van der Waals surface area (Å²) >= 11 is 0. The molecule has 4 rings (SSSR count). The van der Waals surface area contributed by atoms with Gasteiger partial charge in [-0.05, 0) is 66.9 Å². The number of ketones is 1. The maximum Gasteiger partial charge on any atom is 0.326 e. The Morgan fingerprint density at radius 3 is 2.33 bits per heavy atom. The minimum atomic E-state index is -1.02. The summed E-state index contributed by atoms with van der Waals surface area (Å²) in [6.45, 7) is 6.47. The first-order valence-corrected chi connectivity index (χ1v) is 13.8. The molecule has 0 aliphatic rings. The third-order valence-electron chi connectivity index (χ3n) is 6.75. The summed E-state index contributed by atoms with van der Waals surface area (Å²) in [5.41, 5.74) is 4.09. The molecule has 0 radical (unpaired) electrons. The molecule has 0 aliphatic carbocycles. The number of carbonyl (C=O) groups excluding carboxylic acids is 2. The molecule has 0 spiro atoms. The molecule has 0 heterocycles. The molecule has 1 atom stereocenters. The van der Waals surface area contributed by atoms with E-state index in [1.807, 2.05) is 49.4 Å². The third kappa shape index (κ3) is 7.95. The number of ether oxygens (including phenoxy) is 1. The quantitative estimate of drug-likeness (QED) is 0.106. The second-order valence-electron chi connectivity index (χ2n) is 9.86. The van der Waals surface area contributed by atoms with Crippen molar-refractivity contribution in [3.05, 3.63) is 138 Å². The van der Waals surface area contributed by atoms with Gasteiger partial charge in [-0.3, -0.25) is 9.59 Å². The van der Waals surface area contributed by atoms with Crippen LogP contribution in [-0.4, -0.2) is 42.0 Å². The molecule has 0 aromatic heterocycles. The summed E-state index contributed by atoms with van der Waals surface area (Å²) < 4.78 is 5.88. The second-order valence-corrected chi connectivity index (χ2v) is 9.86. The molecule has 0 aliphatic heterocycles. The summed E-state index contributed by atoms with van der Waals surface area (Å²) in [6, 6.07) is 29.9. The number of carboxylic acid groups (broad SMARTS) is 1. The number of hydrogen-bond acceptors (Lipinski definition) is 5. The van der Waals surface area contributed by atoms with Crippen LogP contribution in [0.5, 0.6) is 5.75 Å². The number of hydrogen-bond donors (Lipinski definition) is 2. The van der Waals surface area contributed by atoms with Crippen LogP contribution < -0.4 is 15.0 Å². The van der Waals surface area contributed by atoms with Gasteiger partial charge in [0.05, 0.1) is 6.61 Å². The lowest BCUT2D eigenvalue weighted by molar-refractivity contribution is -0.137. The smallest absolute Gasteiger partial charge is 0.326 e. The SMILES string of the molecule is C=CC(=O)N(CCCOc1ccc(CC(Nc2ccccc2C(=O)c2ccccc2)C(=O)O)cc1)c1cccc(C)c1. The molecule has 42 heavy (non-hydrogen) atoms. The summed E-state index contributed by atoms with van der Waals surface area (Å²) in [5.74, 6) is -0.724. The Kier molecular flexibility index (Phi) is 10.3. The second kappa shape index (κ2) is 14.5. The van der Waals surface area contributed by atoms with Crippen molar-refractivity contribution in [2.24, 2.45) is 0 Å². The molecule has 214 valence electrons. The highest BCUT2D eigenvalue weighted by molar-refractivity contribution is 6.12. The van der Waals surface area contributed by atoms with E-state index in [-0.39, 0.29) is 18.1 Å². The highest BCUT2D eigenvalue weighted by Crippen LogP contribution is 2.22. The number of nitrogens with zero attached hydrogens (tertiary/aromatic N) is 1. The molecule has 7 heteroatoms. The molecule has 0 saturated heterocycles. The van der Waals surface area contributed by atoms with Gasteiger partial charge in [0.15, 0.2) is 5.78 Å². The maximum absolute atomic E-state index is 13.1. The van der Waals surface area contributed by atoms with E-state index >= 15 is 0 Å². The van der Waals surface area contributed by atoms with E-state index in [2.05, 4.69) is 11.9 Å². The predicted molar refractivity (Wildman–Crippen MR) is 165 cm³/mol. The molecule has 7 nitrogen and oxygen atoms in total. The van der Waals surface area contributed by atoms with E-state index in [1.54, 1.807) is 65.6 Å². The van der Waals surface area contributed by atoms with Gasteiger partial charge in [-0.25, -0.2) is 4.79 Å². The Morgan fingerprint density at radius 2 is 1.64 bits per heavy atom. The van der Waals surface area contributed by atoms with Gasteiger partial charge in [0.1, 0.15) is 11.8 Å². The van der Waals surface area contributed by atoms with Crippen molar-refractivity contribution in [1.29, 1.82) is 0 Å². The normalized spacial score (nSPS) is 11.3. The van der Waals surface area contributed by atoms with E-state index in [9.17, 15) is 19.5 Å². The van der Waals surface area contributed by atoms with Crippen molar-refractivity contribution < 1.29 is 24.2 Å². The fourth-order valence-corrected chi connectivity index (χ4v) is 4.58. The van der Waals surface area contributed by atoms with Crippen LogP contribution in [0.25, 0.3) is 0 Å². The van der Waals surface area contributed by atoms with Crippen molar-refractivity contribution in [2.45, 2.75) is 25.8 Å². The maximum atomic E-state index is 13.1. The standard InChI is InChI=1S/C35H34N2O5/c1-3-33(38)37(28-14-9-11-25(2)23-28)21-10-22-42-29-19-17-26(18-20-29)24-32(35(40)41)36-31-16-8-7-15-30(31)34(39)27-12-5-4-6-13-27/h3-9,11-20,23,32,36H,1,10,21-22,24H2,2H3,(H,40,41). The van der Waals surface area contributed by atoms with E-state index in [0.29, 0.717) is 42.1 Å². The highest BCUT2D eigenvalue weighted by Gasteiger charge is 2.21. The van der Waals surface area contributed by atoms with Crippen LogP contribution in [0.15, 0.2) is 116 Å². The van der Waals surface area contributed by atoms with Crippen molar-refractivity contribution in [3.8, 4) is 5.75 Å². The molecule has 4 aromatic rings. The minimum absolute atomic E-state index is 0.168. The average Bonchev–Trinajstić information content (AvgIpc) is 3.01. The predicted octanol–water partition coefficient (Wildman–Crippen LogP) is 6.32. The lowest BCUT2D eigenvalue weighted by Crippen LogP contribution is -2.32. The monoisotopic (exact) mass is 562 g/mol. The number of carbonyl (C=O) groups is 3. The van der Waals surface area contributed by atoms with Crippen LogP contribution in [0.3, 0.4) is 0 Å². The van der Waals surface area contributed by atoms with E-state index in [0.717, 1.165) is 16.8 Å². The van der Waals surface area contributed by atoms with Gasteiger partial charge in [0, 0.05) is 35.5 Å². The Bertz CT molecular complexity index is 1530. The number of amides is 1. The summed E-state index contributed by atoms with van der Waals surface area (Å²) in [4.78, 5) is 39.3. The van der Waals surface area contributed by atoms with E-state index in [1.165, 1.54) is 6.08 Å². The number of aliphatic carboxylic acids is 1. The number of anilines is 2. The molecule has 4 aromatic carbocycles. The molecule has 1 amide bonds. The van der Waals surface area contributed by atoms with E-state index in [4.69, 9.17) is 4.74 Å². The Morgan fingerprint density at radius 1 is 0.929 bits per heavy atom. The summed E-state index contributed by atoms with van der Waals surface area (Å²) in [6.07, 6.45) is 2.13. The average molecular weight is 563 g/mol. The lowest BCUT2D eigenvalue weighted by Gasteiger charge is -2.22. The molecule has 2 N–H and O–H groups in total. The molecule has 0 saturated carbocycles. The van der Waals surface area contributed by atoms with Gasteiger partial charge in [-0.15, -0.1) is 0 Å². The zero-order chi connectivity index (χ0) is 29.9. The largest absolute Gasteiger partial charge is 0.494 e. The zero-order valence-corrected chi connectivity index (χ0v) is 23.5. The molecule has 0 fully saturated rings. The number of benzene rings is 4. The first-order valence-electron chi connectivity index (χ1n) is 13.8. The fourth-order valence-electron chi connectivity index (χ4n) is 4.58. The Hall–Kier alpha value is -5.17. The fraction of sp³-hybridized carbons (Fsp3) is 0.171. The van der Waals surface area contributed by atoms with E-state index < -0.39 is 12.0 Å². The molecule has 0 bridgehead atoms. The first-order chi connectivity index (χ1) is 20.4. The number of nitrogens with one attached hydrogen (secondary N) is 1. The molecular formula is C35H34N2O5. The lowest BCUT2D eigenvalue weighted by atomic mass is 10.00. The summed E-state index contributed by atoms with van der Waals surface area (Å²) in [5, 5.41) is 13.0. The Balaban J connectivity index is 1.34. The molecular weight excluding hydrogens is 528 g/mol. The van der Waals surface area contributed by atoms with Gasteiger partial charge in [0.2, 0.25) is 5.91 Å². The number of aryl methyl sites for hydroxylation is 1. The highest BCUT2D eigenvalue weighted by atomic mass is 16.5. The Labute approximate surface area is 246 Å². The van der Waals surface area contributed by atoms with Crippen LogP contribution in [-0.2, 0) is 16.0 Å². The van der Waals surface area contributed by atoms with Crippen molar-refractivity contribution in [2.75, 3.05) is 23.4 Å². The van der Waals surface area contributed by atoms with Crippen LogP contribution in [0.1, 0.15) is 33.5 Å². The van der Waals surface area contributed by atoms with Crippen LogP contribution in [0.4, 0.5) is 11.4 Å². The number of rotatable bonds is 14. The van der Waals surface area contributed by atoms with Crippen molar-refractivity contribution >= 4 is 29.0 Å². The van der Waals surface area contributed by atoms with Gasteiger partial charge < -0.3 is 20.1 Å². The first kappa shape index (κ1) is 29.8.